The maximum Gasteiger partial charge on any atom is 0.419 e. The number of hydrogen-bond acceptors (Lipinski definition) is 6. The van der Waals surface area contributed by atoms with Crippen LogP contribution in [0.4, 0.5) is 24.8 Å². The van der Waals surface area contributed by atoms with E-state index in [2.05, 4.69) is 31.6 Å². The molecule has 0 saturated heterocycles. The standard InChI is InChI=1S/C22H19F3N8/c1-12-20(16-7-5-15(10-26)6-8-16)31-32(4)21(12)29-17-9-18(28-11-27-17)33-14(3)19(13(2)30-33)22(23,24)25/h5-9,11H,1-4H3,(H,27,28,29). The second-order valence-corrected chi connectivity index (χ2v) is 7.48. The molecule has 0 saturated carbocycles. The zero-order valence-corrected chi connectivity index (χ0v) is 18.2. The quantitative estimate of drug-likeness (QED) is 0.485. The molecule has 1 aromatic carbocycles. The van der Waals surface area contributed by atoms with Crippen LogP contribution in [-0.4, -0.2) is 29.5 Å². The average molecular weight is 452 g/mol. The van der Waals surface area contributed by atoms with Gasteiger partial charge < -0.3 is 5.32 Å². The minimum Gasteiger partial charge on any atom is -0.325 e. The van der Waals surface area contributed by atoms with Gasteiger partial charge in [0.15, 0.2) is 5.82 Å². The highest BCUT2D eigenvalue weighted by Gasteiger charge is 2.37. The number of alkyl halides is 3. The van der Waals surface area contributed by atoms with Gasteiger partial charge in [0.2, 0.25) is 0 Å². The van der Waals surface area contributed by atoms with Crippen LogP contribution in [0.25, 0.3) is 17.1 Å². The number of nitrogens with one attached hydrogen (secondary N) is 1. The van der Waals surface area contributed by atoms with E-state index in [1.807, 2.05) is 19.1 Å². The molecule has 0 radical (unpaired) electrons. The zero-order chi connectivity index (χ0) is 23.9. The summed E-state index contributed by atoms with van der Waals surface area (Å²) < 4.78 is 42.9. The van der Waals surface area contributed by atoms with E-state index < -0.39 is 11.7 Å². The first-order chi connectivity index (χ1) is 15.6. The maximum atomic E-state index is 13.4. The number of nitrogens with zero attached hydrogens (tertiary/aromatic N) is 7. The molecule has 0 fully saturated rings. The number of aryl methyl sites for hydroxylation is 2. The lowest BCUT2D eigenvalue weighted by Crippen LogP contribution is -2.09. The number of rotatable bonds is 4. The van der Waals surface area contributed by atoms with Crippen molar-refractivity contribution in [1.82, 2.24) is 29.5 Å². The summed E-state index contributed by atoms with van der Waals surface area (Å²) >= 11 is 0. The lowest BCUT2D eigenvalue weighted by molar-refractivity contribution is -0.138. The molecule has 0 bridgehead atoms. The van der Waals surface area contributed by atoms with Crippen molar-refractivity contribution in [2.45, 2.75) is 26.9 Å². The molecule has 168 valence electrons. The number of anilines is 2. The Bertz CT molecular complexity index is 1370. The van der Waals surface area contributed by atoms with Crippen molar-refractivity contribution >= 4 is 11.6 Å². The van der Waals surface area contributed by atoms with Gasteiger partial charge in [-0.05, 0) is 32.9 Å². The third-order valence-corrected chi connectivity index (χ3v) is 5.26. The molecule has 0 aliphatic heterocycles. The van der Waals surface area contributed by atoms with Gasteiger partial charge in [0.05, 0.1) is 34.3 Å². The van der Waals surface area contributed by atoms with Gasteiger partial charge in [-0.3, -0.25) is 4.68 Å². The highest BCUT2D eigenvalue weighted by atomic mass is 19.4. The lowest BCUT2D eigenvalue weighted by atomic mass is 10.1. The summed E-state index contributed by atoms with van der Waals surface area (Å²) in [6, 6.07) is 10.7. The molecule has 1 N–H and O–H groups in total. The van der Waals surface area contributed by atoms with E-state index in [4.69, 9.17) is 5.26 Å². The van der Waals surface area contributed by atoms with Crippen LogP contribution in [0.3, 0.4) is 0 Å². The molecular formula is C22H19F3N8. The lowest BCUT2D eigenvalue weighted by Gasteiger charge is -2.10. The van der Waals surface area contributed by atoms with Gasteiger partial charge in [-0.2, -0.15) is 28.6 Å². The Morgan fingerprint density at radius 1 is 1.03 bits per heavy atom. The van der Waals surface area contributed by atoms with Crippen LogP contribution < -0.4 is 5.32 Å². The molecule has 0 aliphatic rings. The molecule has 0 spiro atoms. The van der Waals surface area contributed by atoms with Crippen LogP contribution in [0, 0.1) is 32.1 Å². The summed E-state index contributed by atoms with van der Waals surface area (Å²) in [5.74, 6) is 1.23. The monoisotopic (exact) mass is 452 g/mol. The first kappa shape index (κ1) is 22.0. The SMILES string of the molecule is Cc1nn(-c2cc(Nc3c(C)c(-c4ccc(C#N)cc4)nn3C)ncn2)c(C)c1C(F)(F)F. The molecule has 11 heteroatoms. The van der Waals surface area contributed by atoms with Gasteiger partial charge >= 0.3 is 6.18 Å². The van der Waals surface area contributed by atoms with Crippen molar-refractivity contribution in [3.05, 3.63) is 64.7 Å². The van der Waals surface area contributed by atoms with Crippen LogP contribution in [0.15, 0.2) is 36.7 Å². The molecule has 0 aliphatic carbocycles. The van der Waals surface area contributed by atoms with E-state index in [0.717, 1.165) is 21.5 Å². The number of benzene rings is 1. The van der Waals surface area contributed by atoms with Crippen LogP contribution in [-0.2, 0) is 13.2 Å². The Hall–Kier alpha value is -4.20. The fraction of sp³-hybridized carbons (Fsp3) is 0.227. The summed E-state index contributed by atoms with van der Waals surface area (Å²) in [6.07, 6.45) is -3.25. The molecule has 0 unspecified atom stereocenters. The van der Waals surface area contributed by atoms with Gasteiger partial charge in [0, 0.05) is 24.2 Å². The van der Waals surface area contributed by atoms with Crippen molar-refractivity contribution in [2.75, 3.05) is 5.32 Å². The summed E-state index contributed by atoms with van der Waals surface area (Å²) in [5, 5.41) is 20.7. The summed E-state index contributed by atoms with van der Waals surface area (Å²) in [7, 11) is 1.77. The zero-order valence-electron chi connectivity index (χ0n) is 18.2. The van der Waals surface area contributed by atoms with Crippen molar-refractivity contribution in [1.29, 1.82) is 5.26 Å². The second kappa shape index (κ2) is 8.05. The van der Waals surface area contributed by atoms with Gasteiger partial charge in [-0.25, -0.2) is 14.6 Å². The van der Waals surface area contributed by atoms with Crippen LogP contribution in [0.2, 0.25) is 0 Å². The molecule has 0 amide bonds. The molecule has 3 heterocycles. The summed E-state index contributed by atoms with van der Waals surface area (Å²) in [5.41, 5.74) is 2.02. The highest BCUT2D eigenvalue weighted by Crippen LogP contribution is 2.35. The Kier molecular flexibility index (Phi) is 5.37. The van der Waals surface area contributed by atoms with Crippen molar-refractivity contribution in [3.63, 3.8) is 0 Å². The first-order valence-electron chi connectivity index (χ1n) is 9.87. The normalized spacial score (nSPS) is 11.5. The average Bonchev–Trinajstić information content (AvgIpc) is 3.23. The summed E-state index contributed by atoms with van der Waals surface area (Å²) in [4.78, 5) is 8.29. The minimum atomic E-state index is -4.51. The Morgan fingerprint density at radius 2 is 1.73 bits per heavy atom. The molecule has 33 heavy (non-hydrogen) atoms. The third-order valence-electron chi connectivity index (χ3n) is 5.26. The number of halogens is 3. The van der Waals surface area contributed by atoms with E-state index in [0.29, 0.717) is 17.2 Å². The van der Waals surface area contributed by atoms with Crippen LogP contribution in [0.1, 0.15) is 28.1 Å². The number of nitriles is 1. The van der Waals surface area contributed by atoms with Crippen molar-refractivity contribution in [2.24, 2.45) is 7.05 Å². The Labute approximate surface area is 187 Å². The van der Waals surface area contributed by atoms with E-state index in [9.17, 15) is 13.2 Å². The molecule has 4 rings (SSSR count). The molecular weight excluding hydrogens is 433 g/mol. The highest BCUT2D eigenvalue weighted by molar-refractivity contribution is 5.71. The summed E-state index contributed by atoms with van der Waals surface area (Å²) in [6.45, 7) is 4.56. The van der Waals surface area contributed by atoms with E-state index in [1.165, 1.54) is 26.2 Å². The van der Waals surface area contributed by atoms with E-state index >= 15 is 0 Å². The number of hydrogen-bond donors (Lipinski definition) is 1. The smallest absolute Gasteiger partial charge is 0.325 e. The van der Waals surface area contributed by atoms with Crippen LogP contribution in [0.5, 0.6) is 0 Å². The van der Waals surface area contributed by atoms with Gasteiger partial charge in [-0.15, -0.1) is 0 Å². The van der Waals surface area contributed by atoms with Gasteiger partial charge in [0.1, 0.15) is 18.0 Å². The third kappa shape index (κ3) is 4.03. The second-order valence-electron chi connectivity index (χ2n) is 7.48. The fourth-order valence-electron chi connectivity index (χ4n) is 3.71. The van der Waals surface area contributed by atoms with Crippen molar-refractivity contribution in [3.8, 4) is 23.1 Å². The topological polar surface area (TPSA) is 97.2 Å². The van der Waals surface area contributed by atoms with Crippen molar-refractivity contribution < 1.29 is 13.2 Å². The fourth-order valence-corrected chi connectivity index (χ4v) is 3.71. The molecule has 4 aromatic rings. The predicted molar refractivity (Wildman–Crippen MR) is 115 cm³/mol. The van der Waals surface area contributed by atoms with Gasteiger partial charge in [-0.1, -0.05) is 12.1 Å². The Balaban J connectivity index is 1.68. The molecule has 3 aromatic heterocycles. The van der Waals surface area contributed by atoms with E-state index in [-0.39, 0.29) is 17.2 Å². The predicted octanol–water partition coefficient (Wildman–Crippen LogP) is 4.62. The Morgan fingerprint density at radius 3 is 2.33 bits per heavy atom. The number of aromatic nitrogens is 6. The maximum absolute atomic E-state index is 13.4. The minimum absolute atomic E-state index is 0.0514. The largest absolute Gasteiger partial charge is 0.419 e. The van der Waals surface area contributed by atoms with Crippen LogP contribution >= 0.6 is 0 Å². The molecule has 8 nitrogen and oxygen atoms in total. The molecule has 0 atom stereocenters. The van der Waals surface area contributed by atoms with E-state index in [1.54, 1.807) is 23.9 Å². The van der Waals surface area contributed by atoms with Gasteiger partial charge in [0.25, 0.3) is 0 Å². The first-order valence-corrected chi connectivity index (χ1v) is 9.87.